The SMILES string of the molecule is Nc1nc2cc(OCCN3CCOCC3)ccc2s1. The molecule has 1 aromatic heterocycles. The molecule has 0 bridgehead atoms. The number of morpholine rings is 1. The average Bonchev–Trinajstić information content (AvgIpc) is 2.79. The molecule has 0 saturated carbocycles. The summed E-state index contributed by atoms with van der Waals surface area (Å²) in [6, 6.07) is 5.92. The fourth-order valence-corrected chi connectivity index (χ4v) is 2.85. The largest absolute Gasteiger partial charge is 0.492 e. The van der Waals surface area contributed by atoms with Crippen LogP contribution in [0.15, 0.2) is 18.2 Å². The Balaban J connectivity index is 1.55. The highest BCUT2D eigenvalue weighted by Crippen LogP contribution is 2.27. The number of rotatable bonds is 4. The number of thiazole rings is 1. The van der Waals surface area contributed by atoms with Crippen LogP contribution in [0, 0.1) is 0 Å². The van der Waals surface area contributed by atoms with Crippen LogP contribution in [0.4, 0.5) is 5.13 Å². The highest BCUT2D eigenvalue weighted by Gasteiger charge is 2.10. The first-order valence-electron chi connectivity index (χ1n) is 6.40. The van der Waals surface area contributed by atoms with Crippen LogP contribution in [0.3, 0.4) is 0 Å². The summed E-state index contributed by atoms with van der Waals surface area (Å²) in [5, 5.41) is 0.598. The maximum atomic E-state index is 5.77. The monoisotopic (exact) mass is 279 g/mol. The number of anilines is 1. The van der Waals surface area contributed by atoms with Crippen LogP contribution >= 0.6 is 11.3 Å². The zero-order valence-corrected chi connectivity index (χ0v) is 11.5. The number of nitrogens with zero attached hydrogens (tertiary/aromatic N) is 2. The molecule has 1 saturated heterocycles. The van der Waals surface area contributed by atoms with E-state index in [2.05, 4.69) is 9.88 Å². The smallest absolute Gasteiger partial charge is 0.181 e. The van der Waals surface area contributed by atoms with Gasteiger partial charge in [-0.1, -0.05) is 11.3 Å². The van der Waals surface area contributed by atoms with Crippen molar-refractivity contribution in [2.24, 2.45) is 0 Å². The number of hydrogen-bond acceptors (Lipinski definition) is 6. The van der Waals surface area contributed by atoms with Gasteiger partial charge >= 0.3 is 0 Å². The molecule has 1 fully saturated rings. The summed E-state index contributed by atoms with van der Waals surface area (Å²) in [4.78, 5) is 6.61. The van der Waals surface area contributed by atoms with Crippen LogP contribution < -0.4 is 10.5 Å². The molecule has 0 aliphatic carbocycles. The van der Waals surface area contributed by atoms with Gasteiger partial charge in [-0.2, -0.15) is 0 Å². The van der Waals surface area contributed by atoms with Gasteiger partial charge in [-0.25, -0.2) is 4.98 Å². The average molecular weight is 279 g/mol. The number of nitrogen functional groups attached to an aromatic ring is 1. The molecule has 1 aliphatic rings. The molecule has 0 atom stereocenters. The number of hydrogen-bond donors (Lipinski definition) is 1. The van der Waals surface area contributed by atoms with Crippen molar-refractivity contribution in [1.82, 2.24) is 9.88 Å². The van der Waals surface area contributed by atoms with E-state index in [-0.39, 0.29) is 0 Å². The van der Waals surface area contributed by atoms with Crippen molar-refractivity contribution in [2.45, 2.75) is 0 Å². The molecule has 102 valence electrons. The number of benzene rings is 1. The molecule has 1 aromatic carbocycles. The molecule has 6 heteroatoms. The molecular weight excluding hydrogens is 262 g/mol. The summed E-state index contributed by atoms with van der Waals surface area (Å²) >= 11 is 1.50. The Morgan fingerprint density at radius 3 is 3.05 bits per heavy atom. The van der Waals surface area contributed by atoms with Gasteiger partial charge in [0.15, 0.2) is 5.13 Å². The minimum Gasteiger partial charge on any atom is -0.492 e. The number of fused-ring (bicyclic) bond motifs is 1. The van der Waals surface area contributed by atoms with Gasteiger partial charge in [0.1, 0.15) is 12.4 Å². The van der Waals surface area contributed by atoms with Crippen molar-refractivity contribution in [3.8, 4) is 5.75 Å². The summed E-state index contributed by atoms with van der Waals surface area (Å²) < 4.78 is 12.2. The fraction of sp³-hybridized carbons (Fsp3) is 0.462. The molecule has 2 aromatic rings. The lowest BCUT2D eigenvalue weighted by Crippen LogP contribution is -2.38. The first-order chi connectivity index (χ1) is 9.31. The van der Waals surface area contributed by atoms with Gasteiger partial charge in [-0.3, -0.25) is 4.90 Å². The van der Waals surface area contributed by atoms with E-state index in [4.69, 9.17) is 15.2 Å². The number of aromatic nitrogens is 1. The Morgan fingerprint density at radius 1 is 1.37 bits per heavy atom. The van der Waals surface area contributed by atoms with Gasteiger partial charge in [-0.05, 0) is 12.1 Å². The van der Waals surface area contributed by atoms with Gasteiger partial charge in [0.2, 0.25) is 0 Å². The van der Waals surface area contributed by atoms with Crippen LogP contribution in [0.1, 0.15) is 0 Å². The molecule has 2 N–H and O–H groups in total. The Labute approximate surface area is 115 Å². The van der Waals surface area contributed by atoms with Gasteiger partial charge < -0.3 is 15.2 Å². The van der Waals surface area contributed by atoms with Crippen molar-refractivity contribution < 1.29 is 9.47 Å². The predicted molar refractivity (Wildman–Crippen MR) is 76.8 cm³/mol. The van der Waals surface area contributed by atoms with Gasteiger partial charge in [0.25, 0.3) is 0 Å². The van der Waals surface area contributed by atoms with Crippen molar-refractivity contribution >= 4 is 26.7 Å². The minimum atomic E-state index is 0.598. The number of nitrogens with two attached hydrogens (primary N) is 1. The molecule has 3 rings (SSSR count). The number of ether oxygens (including phenoxy) is 2. The highest BCUT2D eigenvalue weighted by atomic mass is 32.1. The molecule has 2 heterocycles. The highest BCUT2D eigenvalue weighted by molar-refractivity contribution is 7.22. The van der Waals surface area contributed by atoms with Crippen molar-refractivity contribution in [2.75, 3.05) is 45.2 Å². The summed E-state index contributed by atoms with van der Waals surface area (Å²) in [6.45, 7) is 5.25. The first kappa shape index (κ1) is 12.7. The lowest BCUT2D eigenvalue weighted by molar-refractivity contribution is 0.0322. The molecule has 1 aliphatic heterocycles. The van der Waals surface area contributed by atoms with Crippen molar-refractivity contribution in [3.63, 3.8) is 0 Å². The van der Waals surface area contributed by atoms with Gasteiger partial charge in [-0.15, -0.1) is 0 Å². The normalized spacial score (nSPS) is 16.8. The standard InChI is InChI=1S/C13H17N3O2S/c14-13-15-11-9-10(1-2-12(11)19-13)18-8-5-16-3-6-17-7-4-16/h1-2,9H,3-8H2,(H2,14,15). The summed E-state index contributed by atoms with van der Waals surface area (Å²) in [6.07, 6.45) is 0. The lowest BCUT2D eigenvalue weighted by Gasteiger charge is -2.26. The molecular formula is C13H17N3O2S. The predicted octanol–water partition coefficient (Wildman–Crippen LogP) is 1.59. The Hall–Kier alpha value is -1.37. The van der Waals surface area contributed by atoms with Gasteiger partial charge in [0, 0.05) is 25.7 Å². The second kappa shape index (κ2) is 5.73. The summed E-state index contributed by atoms with van der Waals surface area (Å²) in [5.41, 5.74) is 6.60. The maximum absolute atomic E-state index is 5.77. The van der Waals surface area contributed by atoms with Crippen molar-refractivity contribution in [3.05, 3.63) is 18.2 Å². The summed E-state index contributed by atoms with van der Waals surface area (Å²) in [5.74, 6) is 0.853. The second-order valence-corrected chi connectivity index (χ2v) is 5.55. The molecule has 0 spiro atoms. The van der Waals surface area contributed by atoms with Crippen LogP contribution in [-0.4, -0.2) is 49.3 Å². The minimum absolute atomic E-state index is 0.598. The van der Waals surface area contributed by atoms with Crippen LogP contribution in [0.2, 0.25) is 0 Å². The van der Waals surface area contributed by atoms with Crippen molar-refractivity contribution in [1.29, 1.82) is 0 Å². The van der Waals surface area contributed by atoms with E-state index in [9.17, 15) is 0 Å². The molecule has 5 nitrogen and oxygen atoms in total. The third kappa shape index (κ3) is 3.15. The van der Waals surface area contributed by atoms with Gasteiger partial charge in [0.05, 0.1) is 23.4 Å². The Kier molecular flexibility index (Phi) is 3.82. The maximum Gasteiger partial charge on any atom is 0.181 e. The lowest BCUT2D eigenvalue weighted by atomic mass is 10.3. The van der Waals surface area contributed by atoms with Crippen LogP contribution in [-0.2, 0) is 4.74 Å². The molecule has 19 heavy (non-hydrogen) atoms. The van der Waals surface area contributed by atoms with E-state index >= 15 is 0 Å². The Morgan fingerprint density at radius 2 is 2.21 bits per heavy atom. The molecule has 0 amide bonds. The van der Waals surface area contributed by atoms with E-state index in [1.165, 1.54) is 11.3 Å². The molecule has 0 radical (unpaired) electrons. The Bertz CT molecular complexity index is 552. The third-order valence-electron chi connectivity index (χ3n) is 3.16. The third-order valence-corrected chi connectivity index (χ3v) is 4.02. The fourth-order valence-electron chi connectivity index (χ4n) is 2.13. The van der Waals surface area contributed by atoms with E-state index in [1.807, 2.05) is 18.2 Å². The van der Waals surface area contributed by atoms with Crippen LogP contribution in [0.5, 0.6) is 5.75 Å². The van der Waals surface area contributed by atoms with E-state index in [0.717, 1.165) is 48.8 Å². The summed E-state index contributed by atoms with van der Waals surface area (Å²) in [7, 11) is 0. The van der Waals surface area contributed by atoms with E-state index in [1.54, 1.807) is 0 Å². The first-order valence-corrected chi connectivity index (χ1v) is 7.22. The molecule has 0 unspecified atom stereocenters. The zero-order chi connectivity index (χ0) is 13.1. The zero-order valence-electron chi connectivity index (χ0n) is 10.7. The van der Waals surface area contributed by atoms with E-state index in [0.29, 0.717) is 11.7 Å². The quantitative estimate of drug-likeness (QED) is 0.921. The van der Waals surface area contributed by atoms with E-state index < -0.39 is 0 Å². The second-order valence-electron chi connectivity index (χ2n) is 4.48. The topological polar surface area (TPSA) is 60.6 Å². The van der Waals surface area contributed by atoms with Crippen LogP contribution in [0.25, 0.3) is 10.2 Å².